The number of carbonyl (C=O) groups excluding carboxylic acids is 2. The predicted octanol–water partition coefficient (Wildman–Crippen LogP) is 4.57. The molecule has 0 aliphatic carbocycles. The molecule has 0 spiro atoms. The molecule has 2 aromatic carbocycles. The number of anilines is 1. The number of nitrogens with zero attached hydrogens (tertiary/aromatic N) is 3. The molecule has 4 rings (SSSR count). The van der Waals surface area contributed by atoms with Gasteiger partial charge in [0.2, 0.25) is 0 Å². The highest BCUT2D eigenvalue weighted by Gasteiger charge is 2.43. The molecule has 7 nitrogen and oxygen atoms in total. The monoisotopic (exact) mass is 439 g/mol. The van der Waals surface area contributed by atoms with Crippen molar-refractivity contribution in [2.75, 3.05) is 18.0 Å². The van der Waals surface area contributed by atoms with Gasteiger partial charge in [-0.25, -0.2) is 4.90 Å². The molecule has 0 aromatic heterocycles. The van der Waals surface area contributed by atoms with E-state index in [1.165, 1.54) is 29.2 Å². The van der Waals surface area contributed by atoms with Crippen molar-refractivity contribution >= 4 is 40.4 Å². The smallest absolute Gasteiger partial charge is 0.282 e. The van der Waals surface area contributed by atoms with E-state index in [0.29, 0.717) is 46.5 Å². The fraction of sp³-hybridized carbons (Fsp3) is 0.304. The maximum Gasteiger partial charge on any atom is 0.282 e. The lowest BCUT2D eigenvalue weighted by Crippen LogP contribution is -2.39. The number of imide groups is 1. The van der Waals surface area contributed by atoms with Crippen molar-refractivity contribution in [3.63, 3.8) is 0 Å². The quantitative estimate of drug-likeness (QED) is 0.395. The number of rotatable bonds is 4. The first-order valence-electron chi connectivity index (χ1n) is 10.2. The van der Waals surface area contributed by atoms with Crippen LogP contribution in [0.15, 0.2) is 48.2 Å². The molecule has 160 valence electrons. The first-order chi connectivity index (χ1) is 14.8. The first-order valence-corrected chi connectivity index (χ1v) is 10.5. The Morgan fingerprint density at radius 2 is 1.81 bits per heavy atom. The Morgan fingerprint density at radius 3 is 2.42 bits per heavy atom. The van der Waals surface area contributed by atoms with Crippen LogP contribution in [-0.4, -0.2) is 34.7 Å². The summed E-state index contributed by atoms with van der Waals surface area (Å²) >= 11 is 6.07. The summed E-state index contributed by atoms with van der Waals surface area (Å²) in [7, 11) is 0. The number of halogens is 1. The summed E-state index contributed by atoms with van der Waals surface area (Å²) < 4.78 is 0. The van der Waals surface area contributed by atoms with E-state index in [1.54, 1.807) is 25.1 Å². The molecule has 2 aliphatic heterocycles. The lowest BCUT2D eigenvalue weighted by molar-refractivity contribution is -0.384. The van der Waals surface area contributed by atoms with Gasteiger partial charge >= 0.3 is 0 Å². The highest BCUT2D eigenvalue weighted by molar-refractivity contribution is 6.45. The molecule has 2 amide bonds. The maximum absolute atomic E-state index is 13.6. The average molecular weight is 440 g/mol. The molecule has 1 unspecified atom stereocenters. The van der Waals surface area contributed by atoms with Crippen molar-refractivity contribution in [1.82, 2.24) is 4.90 Å². The van der Waals surface area contributed by atoms with Crippen LogP contribution in [0.4, 0.5) is 11.4 Å². The standard InChI is InChI=1S/C23H22ClN3O4/c1-14-4-3-11-25(13-14)21-20(16-5-8-18(9-6-16)27(30)31)22(28)26(23(21)29)19-10-7-17(24)12-15(19)2/h5-10,12,14H,3-4,11,13H2,1-2H3. The summed E-state index contributed by atoms with van der Waals surface area (Å²) in [5, 5.41) is 11.6. The summed E-state index contributed by atoms with van der Waals surface area (Å²) in [6, 6.07) is 10.8. The molecular formula is C23H22ClN3O4. The van der Waals surface area contributed by atoms with Crippen LogP contribution in [-0.2, 0) is 9.59 Å². The Hall–Kier alpha value is -3.19. The third-order valence-corrected chi connectivity index (χ3v) is 6.03. The summed E-state index contributed by atoms with van der Waals surface area (Å²) in [6.07, 6.45) is 2.00. The van der Waals surface area contributed by atoms with Gasteiger partial charge in [0.1, 0.15) is 5.70 Å². The third kappa shape index (κ3) is 3.81. The van der Waals surface area contributed by atoms with E-state index in [2.05, 4.69) is 6.92 Å². The van der Waals surface area contributed by atoms with Gasteiger partial charge < -0.3 is 4.90 Å². The Kier molecular flexibility index (Phi) is 5.54. The van der Waals surface area contributed by atoms with E-state index in [9.17, 15) is 19.7 Å². The molecular weight excluding hydrogens is 418 g/mol. The van der Waals surface area contributed by atoms with Crippen LogP contribution in [0.5, 0.6) is 0 Å². The Labute approximate surface area is 185 Å². The number of nitro groups is 1. The molecule has 0 bridgehead atoms. The van der Waals surface area contributed by atoms with Gasteiger partial charge in [-0.1, -0.05) is 18.5 Å². The van der Waals surface area contributed by atoms with Crippen molar-refractivity contribution in [1.29, 1.82) is 0 Å². The van der Waals surface area contributed by atoms with E-state index in [0.717, 1.165) is 12.8 Å². The maximum atomic E-state index is 13.6. The molecule has 2 aliphatic rings. The minimum Gasteiger partial charge on any atom is -0.366 e. The Morgan fingerprint density at radius 1 is 1.10 bits per heavy atom. The first kappa shape index (κ1) is 21.1. The number of non-ortho nitro benzene ring substituents is 1. The van der Waals surface area contributed by atoms with Gasteiger partial charge in [0.15, 0.2) is 0 Å². The molecule has 8 heteroatoms. The number of likely N-dealkylation sites (tertiary alicyclic amines) is 1. The summed E-state index contributed by atoms with van der Waals surface area (Å²) in [5.41, 5.74) is 2.26. The molecule has 1 fully saturated rings. The van der Waals surface area contributed by atoms with E-state index in [1.807, 2.05) is 4.90 Å². The van der Waals surface area contributed by atoms with E-state index in [-0.39, 0.29) is 17.2 Å². The van der Waals surface area contributed by atoms with Crippen LogP contribution in [0.25, 0.3) is 5.57 Å². The number of piperidine rings is 1. The molecule has 1 atom stereocenters. The van der Waals surface area contributed by atoms with Crippen LogP contribution >= 0.6 is 11.6 Å². The fourth-order valence-electron chi connectivity index (χ4n) is 4.30. The van der Waals surface area contributed by atoms with Crippen molar-refractivity contribution in [2.24, 2.45) is 5.92 Å². The zero-order valence-corrected chi connectivity index (χ0v) is 18.1. The van der Waals surface area contributed by atoms with Gasteiger partial charge in [0.05, 0.1) is 16.2 Å². The van der Waals surface area contributed by atoms with Gasteiger partial charge in [0, 0.05) is 30.2 Å². The second kappa shape index (κ2) is 8.15. The van der Waals surface area contributed by atoms with Gasteiger partial charge in [-0.05, 0) is 67.1 Å². The second-order valence-electron chi connectivity index (χ2n) is 8.10. The summed E-state index contributed by atoms with van der Waals surface area (Å²) in [6.45, 7) is 5.29. The minimum atomic E-state index is -0.490. The highest BCUT2D eigenvalue weighted by atomic mass is 35.5. The Balaban J connectivity index is 1.83. The zero-order valence-electron chi connectivity index (χ0n) is 17.3. The number of benzene rings is 2. The van der Waals surface area contributed by atoms with E-state index < -0.39 is 10.8 Å². The van der Waals surface area contributed by atoms with Gasteiger partial charge in [-0.3, -0.25) is 19.7 Å². The van der Waals surface area contributed by atoms with E-state index >= 15 is 0 Å². The number of aryl methyl sites for hydroxylation is 1. The molecule has 2 aromatic rings. The normalized spacial score (nSPS) is 19.4. The molecule has 0 radical (unpaired) electrons. The molecule has 0 saturated carbocycles. The number of nitro benzene ring substituents is 1. The Bertz CT molecular complexity index is 1110. The van der Waals surface area contributed by atoms with E-state index in [4.69, 9.17) is 11.6 Å². The second-order valence-corrected chi connectivity index (χ2v) is 8.53. The summed E-state index contributed by atoms with van der Waals surface area (Å²) in [5.74, 6) is -0.413. The average Bonchev–Trinajstić information content (AvgIpc) is 2.98. The lowest BCUT2D eigenvalue weighted by Gasteiger charge is -2.33. The zero-order chi connectivity index (χ0) is 22.3. The highest BCUT2D eigenvalue weighted by Crippen LogP contribution is 2.38. The van der Waals surface area contributed by atoms with Crippen LogP contribution in [0.3, 0.4) is 0 Å². The topological polar surface area (TPSA) is 83.8 Å². The fourth-order valence-corrected chi connectivity index (χ4v) is 4.53. The van der Waals surface area contributed by atoms with Crippen molar-refractivity contribution < 1.29 is 14.5 Å². The third-order valence-electron chi connectivity index (χ3n) is 5.80. The lowest BCUT2D eigenvalue weighted by atomic mass is 9.97. The van der Waals surface area contributed by atoms with Crippen molar-refractivity contribution in [2.45, 2.75) is 26.7 Å². The molecule has 0 N–H and O–H groups in total. The number of carbonyl (C=O) groups is 2. The predicted molar refractivity (Wildman–Crippen MR) is 119 cm³/mol. The van der Waals surface area contributed by atoms with Gasteiger partial charge in [0.25, 0.3) is 17.5 Å². The summed E-state index contributed by atoms with van der Waals surface area (Å²) in [4.78, 5) is 40.9. The molecule has 2 heterocycles. The van der Waals surface area contributed by atoms with Crippen LogP contribution in [0.2, 0.25) is 5.02 Å². The van der Waals surface area contributed by atoms with Crippen LogP contribution in [0.1, 0.15) is 30.9 Å². The largest absolute Gasteiger partial charge is 0.366 e. The molecule has 31 heavy (non-hydrogen) atoms. The number of hydrogen-bond donors (Lipinski definition) is 0. The van der Waals surface area contributed by atoms with Gasteiger partial charge in [-0.2, -0.15) is 0 Å². The number of amides is 2. The number of hydrogen-bond acceptors (Lipinski definition) is 5. The van der Waals surface area contributed by atoms with Crippen LogP contribution in [0, 0.1) is 23.0 Å². The van der Waals surface area contributed by atoms with Crippen molar-refractivity contribution in [3.05, 3.63) is 74.4 Å². The SMILES string of the molecule is Cc1cc(Cl)ccc1N1C(=O)C(c2ccc([N+](=O)[O-])cc2)=C(N2CCCC(C)C2)C1=O. The molecule has 1 saturated heterocycles. The van der Waals surface area contributed by atoms with Gasteiger partial charge in [-0.15, -0.1) is 0 Å². The minimum absolute atomic E-state index is 0.0698. The van der Waals surface area contributed by atoms with Crippen LogP contribution < -0.4 is 4.90 Å². The van der Waals surface area contributed by atoms with Crippen molar-refractivity contribution in [3.8, 4) is 0 Å².